The van der Waals surface area contributed by atoms with Gasteiger partial charge in [-0.2, -0.15) is 0 Å². The fraction of sp³-hybridized carbons (Fsp3) is 1.00. The second-order valence-electron chi connectivity index (χ2n) is 3.65. The lowest BCUT2D eigenvalue weighted by Gasteiger charge is -2.05. The van der Waals surface area contributed by atoms with E-state index in [1.165, 1.54) is 18.4 Å². The van der Waals surface area contributed by atoms with Crippen LogP contribution in [0.25, 0.3) is 0 Å². The Balaban J connectivity index is 1.91. The maximum absolute atomic E-state index is 2.31. The number of hydrogen-bond donors (Lipinski definition) is 0. The molecule has 0 N–H and O–H groups in total. The minimum absolute atomic E-state index is 0.377. The Labute approximate surface area is 67.2 Å². The standard InChI is InChI=1S/C9H20Si/c1-2-3-8-10-9-6-4-5-7-9/h9H,2-8,10H2,1H3. The van der Waals surface area contributed by atoms with Crippen LogP contribution in [0.15, 0.2) is 0 Å². The van der Waals surface area contributed by atoms with E-state index in [1.807, 2.05) is 0 Å². The van der Waals surface area contributed by atoms with Crippen LogP contribution in [0.5, 0.6) is 0 Å². The highest BCUT2D eigenvalue weighted by Gasteiger charge is 2.13. The fourth-order valence-corrected chi connectivity index (χ4v) is 4.50. The van der Waals surface area contributed by atoms with Gasteiger partial charge in [-0.05, 0) is 0 Å². The van der Waals surface area contributed by atoms with E-state index in [0.29, 0.717) is 9.52 Å². The molecule has 0 radical (unpaired) electrons. The molecule has 1 saturated carbocycles. The van der Waals surface area contributed by atoms with Crippen molar-refractivity contribution in [3.8, 4) is 0 Å². The molecule has 0 amide bonds. The summed E-state index contributed by atoms with van der Waals surface area (Å²) < 4.78 is 0. The van der Waals surface area contributed by atoms with Gasteiger partial charge in [0.2, 0.25) is 0 Å². The van der Waals surface area contributed by atoms with Gasteiger partial charge in [0.1, 0.15) is 0 Å². The van der Waals surface area contributed by atoms with Crippen molar-refractivity contribution in [2.45, 2.75) is 57.0 Å². The van der Waals surface area contributed by atoms with Crippen LogP contribution in [0.3, 0.4) is 0 Å². The van der Waals surface area contributed by atoms with Gasteiger partial charge in [-0.15, -0.1) is 0 Å². The van der Waals surface area contributed by atoms with Gasteiger partial charge < -0.3 is 0 Å². The lowest BCUT2D eigenvalue weighted by molar-refractivity contribution is 0.828. The summed E-state index contributed by atoms with van der Waals surface area (Å²) in [6.45, 7) is 2.31. The summed E-state index contributed by atoms with van der Waals surface area (Å²) in [6.07, 6.45) is 9.21. The second-order valence-corrected chi connectivity index (χ2v) is 6.09. The first-order valence-corrected chi connectivity index (χ1v) is 6.75. The van der Waals surface area contributed by atoms with Gasteiger partial charge in [0.25, 0.3) is 0 Å². The van der Waals surface area contributed by atoms with E-state index in [-0.39, 0.29) is 0 Å². The van der Waals surface area contributed by atoms with Gasteiger partial charge in [-0.1, -0.05) is 57.0 Å². The van der Waals surface area contributed by atoms with Gasteiger partial charge in [0, 0.05) is 9.52 Å². The monoisotopic (exact) mass is 156 g/mol. The smallest absolute Gasteiger partial charge is 0.0231 e. The molecular formula is C9H20Si. The van der Waals surface area contributed by atoms with E-state index in [2.05, 4.69) is 6.92 Å². The lowest BCUT2D eigenvalue weighted by atomic mass is 10.4. The molecule has 60 valence electrons. The number of rotatable bonds is 4. The minimum Gasteiger partial charge on any atom is -0.0654 e. The molecule has 0 aromatic heterocycles. The van der Waals surface area contributed by atoms with E-state index in [0.717, 1.165) is 0 Å². The Hall–Kier alpha value is 0.217. The first kappa shape index (κ1) is 8.31. The van der Waals surface area contributed by atoms with Crippen LogP contribution in [0.1, 0.15) is 45.4 Å². The van der Waals surface area contributed by atoms with Crippen molar-refractivity contribution in [2.75, 3.05) is 0 Å². The Kier molecular flexibility index (Phi) is 4.11. The number of unbranched alkanes of at least 4 members (excludes halogenated alkanes) is 1. The SMILES string of the molecule is CCCC[SiH2]C1CCCC1. The summed E-state index contributed by atoms with van der Waals surface area (Å²) in [6, 6.07) is 1.63. The van der Waals surface area contributed by atoms with Crippen molar-refractivity contribution < 1.29 is 0 Å². The maximum atomic E-state index is 2.31. The van der Waals surface area contributed by atoms with Crippen molar-refractivity contribution in [3.63, 3.8) is 0 Å². The molecular weight excluding hydrogens is 136 g/mol. The Morgan fingerprint density at radius 2 is 2.00 bits per heavy atom. The van der Waals surface area contributed by atoms with E-state index in [9.17, 15) is 0 Å². The maximum Gasteiger partial charge on any atom is 0.0231 e. The summed E-state index contributed by atoms with van der Waals surface area (Å²) in [5.74, 6) is 0. The van der Waals surface area contributed by atoms with Crippen molar-refractivity contribution in [3.05, 3.63) is 0 Å². The predicted octanol–water partition coefficient (Wildman–Crippen LogP) is 2.74. The van der Waals surface area contributed by atoms with Crippen molar-refractivity contribution >= 4 is 9.52 Å². The normalized spacial score (nSPS) is 21.3. The van der Waals surface area contributed by atoms with Crippen LogP contribution in [0.4, 0.5) is 0 Å². The highest BCUT2D eigenvalue weighted by molar-refractivity contribution is 6.37. The summed E-state index contributed by atoms with van der Waals surface area (Å²) in [4.78, 5) is 0. The second kappa shape index (κ2) is 4.95. The van der Waals surface area contributed by atoms with Gasteiger partial charge in [0.05, 0.1) is 0 Å². The quantitative estimate of drug-likeness (QED) is 0.434. The van der Waals surface area contributed by atoms with Crippen molar-refractivity contribution in [1.82, 2.24) is 0 Å². The molecule has 0 saturated heterocycles. The molecule has 1 rings (SSSR count). The molecule has 0 heterocycles. The molecule has 1 aliphatic carbocycles. The minimum atomic E-state index is 0.377. The lowest BCUT2D eigenvalue weighted by Crippen LogP contribution is -1.97. The highest BCUT2D eigenvalue weighted by Crippen LogP contribution is 2.30. The molecule has 0 unspecified atom stereocenters. The highest BCUT2D eigenvalue weighted by atomic mass is 28.2. The van der Waals surface area contributed by atoms with E-state index >= 15 is 0 Å². The summed E-state index contributed by atoms with van der Waals surface area (Å²) in [5.41, 5.74) is 1.26. The largest absolute Gasteiger partial charge is 0.0654 e. The molecule has 1 fully saturated rings. The summed E-state index contributed by atoms with van der Waals surface area (Å²) in [7, 11) is 0.377. The average molecular weight is 156 g/mol. The van der Waals surface area contributed by atoms with Crippen molar-refractivity contribution in [1.29, 1.82) is 0 Å². The molecule has 0 aromatic carbocycles. The molecule has 0 nitrogen and oxygen atoms in total. The zero-order chi connectivity index (χ0) is 7.23. The van der Waals surface area contributed by atoms with Gasteiger partial charge >= 0.3 is 0 Å². The van der Waals surface area contributed by atoms with Gasteiger partial charge in [-0.3, -0.25) is 0 Å². The van der Waals surface area contributed by atoms with E-state index in [1.54, 1.807) is 31.7 Å². The Morgan fingerprint density at radius 1 is 1.30 bits per heavy atom. The Bertz CT molecular complexity index is 74.8. The predicted molar refractivity (Wildman–Crippen MR) is 50.5 cm³/mol. The van der Waals surface area contributed by atoms with Crippen LogP contribution in [0, 0.1) is 0 Å². The zero-order valence-corrected chi connectivity index (χ0v) is 8.65. The van der Waals surface area contributed by atoms with Crippen LogP contribution in [-0.4, -0.2) is 9.52 Å². The molecule has 10 heavy (non-hydrogen) atoms. The molecule has 1 aliphatic rings. The third-order valence-corrected chi connectivity index (χ3v) is 5.23. The number of hydrogen-bond acceptors (Lipinski definition) is 0. The molecule has 0 aliphatic heterocycles. The zero-order valence-electron chi connectivity index (χ0n) is 7.23. The first-order valence-electron chi connectivity index (χ1n) is 4.93. The van der Waals surface area contributed by atoms with Crippen LogP contribution in [0.2, 0.25) is 11.6 Å². The molecule has 0 spiro atoms. The Morgan fingerprint density at radius 3 is 2.60 bits per heavy atom. The third kappa shape index (κ3) is 2.87. The first-order chi connectivity index (χ1) is 4.93. The average Bonchev–Trinajstić information content (AvgIpc) is 2.41. The molecule has 0 atom stereocenters. The van der Waals surface area contributed by atoms with Gasteiger partial charge in [0.15, 0.2) is 0 Å². The molecule has 0 aromatic rings. The molecule has 0 bridgehead atoms. The van der Waals surface area contributed by atoms with Crippen LogP contribution >= 0.6 is 0 Å². The van der Waals surface area contributed by atoms with Crippen LogP contribution < -0.4 is 0 Å². The van der Waals surface area contributed by atoms with Crippen LogP contribution in [-0.2, 0) is 0 Å². The fourth-order valence-electron chi connectivity index (χ4n) is 1.98. The summed E-state index contributed by atoms with van der Waals surface area (Å²) in [5, 5.41) is 0. The van der Waals surface area contributed by atoms with E-state index < -0.39 is 0 Å². The van der Waals surface area contributed by atoms with E-state index in [4.69, 9.17) is 0 Å². The molecule has 1 heteroatoms. The summed E-state index contributed by atoms with van der Waals surface area (Å²) >= 11 is 0. The third-order valence-electron chi connectivity index (χ3n) is 2.69. The van der Waals surface area contributed by atoms with Gasteiger partial charge in [-0.25, -0.2) is 0 Å². The topological polar surface area (TPSA) is 0 Å². The van der Waals surface area contributed by atoms with Crippen molar-refractivity contribution in [2.24, 2.45) is 0 Å².